The van der Waals surface area contributed by atoms with Crippen molar-refractivity contribution in [3.8, 4) is 17.1 Å². The lowest BCUT2D eigenvalue weighted by molar-refractivity contribution is 0.380. The highest BCUT2D eigenvalue weighted by atomic mass is 32.2. The van der Waals surface area contributed by atoms with Crippen molar-refractivity contribution in [1.29, 1.82) is 0 Å². The summed E-state index contributed by atoms with van der Waals surface area (Å²) in [5.74, 6) is -1.03. The minimum Gasteiger partial charge on any atom is -0.495 e. The molecule has 9 heteroatoms. The van der Waals surface area contributed by atoms with E-state index in [1.54, 1.807) is 0 Å². The van der Waals surface area contributed by atoms with Crippen LogP contribution in [0.5, 0.6) is 5.75 Å². The van der Waals surface area contributed by atoms with Crippen molar-refractivity contribution >= 4 is 9.84 Å². The quantitative estimate of drug-likeness (QED) is 0.887. The smallest absolute Gasteiger partial charge is 0.240 e. The fourth-order valence-electron chi connectivity index (χ4n) is 1.66. The lowest BCUT2D eigenvalue weighted by atomic mass is 10.2. The number of sulfone groups is 1. The molecule has 1 aromatic carbocycles. The molecular formula is C11H12FN3O4S. The summed E-state index contributed by atoms with van der Waals surface area (Å²) in [4.78, 5) is 3.32. The summed E-state index contributed by atoms with van der Waals surface area (Å²) in [6.45, 7) is 0.00368. The largest absolute Gasteiger partial charge is 0.495 e. The summed E-state index contributed by atoms with van der Waals surface area (Å²) < 4.78 is 47.4. The molecule has 2 N–H and O–H groups in total. The van der Waals surface area contributed by atoms with Gasteiger partial charge >= 0.3 is 0 Å². The molecule has 1 heterocycles. The van der Waals surface area contributed by atoms with Gasteiger partial charge in [-0.25, -0.2) is 12.8 Å². The van der Waals surface area contributed by atoms with Gasteiger partial charge in [0.05, 0.1) is 19.2 Å². The van der Waals surface area contributed by atoms with Crippen molar-refractivity contribution in [2.45, 2.75) is 11.4 Å². The van der Waals surface area contributed by atoms with E-state index in [2.05, 4.69) is 10.1 Å². The Labute approximate surface area is 114 Å². The van der Waals surface area contributed by atoms with Crippen LogP contribution in [0.25, 0.3) is 11.4 Å². The molecule has 0 radical (unpaired) electrons. The van der Waals surface area contributed by atoms with Gasteiger partial charge in [0.25, 0.3) is 0 Å². The van der Waals surface area contributed by atoms with Crippen molar-refractivity contribution in [2.75, 3.05) is 13.4 Å². The highest BCUT2D eigenvalue weighted by molar-refractivity contribution is 7.90. The molecule has 0 saturated heterocycles. The highest BCUT2D eigenvalue weighted by Crippen LogP contribution is 2.32. The van der Waals surface area contributed by atoms with E-state index in [0.717, 1.165) is 6.26 Å². The van der Waals surface area contributed by atoms with Gasteiger partial charge in [0.1, 0.15) is 10.6 Å². The summed E-state index contributed by atoms with van der Waals surface area (Å²) in [5, 5.41) is 3.56. The Hall–Kier alpha value is -2.00. The molecule has 0 aliphatic carbocycles. The molecular weight excluding hydrogens is 289 g/mol. The molecule has 2 aromatic rings. The molecule has 7 nitrogen and oxygen atoms in total. The maximum atomic E-state index is 14.4. The Morgan fingerprint density at radius 3 is 2.65 bits per heavy atom. The van der Waals surface area contributed by atoms with Crippen molar-refractivity contribution < 1.29 is 22.1 Å². The Bertz CT molecular complexity index is 742. The van der Waals surface area contributed by atoms with Crippen LogP contribution in [-0.2, 0) is 16.4 Å². The number of benzene rings is 1. The van der Waals surface area contributed by atoms with Gasteiger partial charge in [0, 0.05) is 6.26 Å². The molecule has 2 rings (SSSR count). The first-order valence-electron chi connectivity index (χ1n) is 5.48. The lowest BCUT2D eigenvalue weighted by Gasteiger charge is -2.09. The number of nitrogens with two attached hydrogens (primary N) is 1. The van der Waals surface area contributed by atoms with Gasteiger partial charge in [0.2, 0.25) is 11.7 Å². The van der Waals surface area contributed by atoms with E-state index < -0.39 is 20.5 Å². The van der Waals surface area contributed by atoms with E-state index in [0.29, 0.717) is 0 Å². The molecule has 0 fully saturated rings. The number of rotatable bonds is 4. The van der Waals surface area contributed by atoms with E-state index in [4.69, 9.17) is 15.0 Å². The van der Waals surface area contributed by atoms with Crippen molar-refractivity contribution in [3.63, 3.8) is 0 Å². The van der Waals surface area contributed by atoms with Crippen LogP contribution in [0.4, 0.5) is 4.39 Å². The van der Waals surface area contributed by atoms with Crippen molar-refractivity contribution in [1.82, 2.24) is 10.1 Å². The number of halogens is 1. The first kappa shape index (κ1) is 14.4. The molecule has 20 heavy (non-hydrogen) atoms. The average molecular weight is 301 g/mol. The summed E-state index contributed by atoms with van der Waals surface area (Å²) in [5.41, 5.74) is 5.22. The van der Waals surface area contributed by atoms with Crippen LogP contribution in [0.1, 0.15) is 5.89 Å². The van der Waals surface area contributed by atoms with Crippen LogP contribution in [0.15, 0.2) is 21.6 Å². The van der Waals surface area contributed by atoms with Crippen molar-refractivity contribution in [3.05, 3.63) is 23.8 Å². The number of nitrogens with zero attached hydrogens (tertiary/aromatic N) is 2. The van der Waals surface area contributed by atoms with E-state index in [-0.39, 0.29) is 29.6 Å². The first-order chi connectivity index (χ1) is 9.38. The zero-order valence-electron chi connectivity index (χ0n) is 10.8. The standard InChI is InChI=1S/C11H12FN3O4S/c1-18-7-4-3-6(9(12)10(7)20(2,16)17)11-14-8(5-13)19-15-11/h3-4H,5,13H2,1-2H3. The van der Waals surface area contributed by atoms with Crippen LogP contribution >= 0.6 is 0 Å². The number of hydrogen-bond acceptors (Lipinski definition) is 7. The van der Waals surface area contributed by atoms with Gasteiger partial charge < -0.3 is 15.0 Å². The summed E-state index contributed by atoms with van der Waals surface area (Å²) in [7, 11) is -2.56. The van der Waals surface area contributed by atoms with Crippen LogP contribution in [0.2, 0.25) is 0 Å². The van der Waals surface area contributed by atoms with Crippen LogP contribution < -0.4 is 10.5 Å². The second-order valence-electron chi connectivity index (χ2n) is 3.95. The Morgan fingerprint density at radius 2 is 2.15 bits per heavy atom. The molecule has 0 aliphatic rings. The third kappa shape index (κ3) is 2.49. The number of aromatic nitrogens is 2. The normalized spacial score (nSPS) is 11.6. The van der Waals surface area contributed by atoms with E-state index in [9.17, 15) is 12.8 Å². The van der Waals surface area contributed by atoms with Crippen LogP contribution in [0.3, 0.4) is 0 Å². The first-order valence-corrected chi connectivity index (χ1v) is 7.37. The third-order valence-corrected chi connectivity index (χ3v) is 3.66. The second kappa shape index (κ2) is 5.17. The predicted octanol–water partition coefficient (Wildman–Crippen LogP) is 0.747. The van der Waals surface area contributed by atoms with Crippen LogP contribution in [0, 0.1) is 5.82 Å². The zero-order valence-corrected chi connectivity index (χ0v) is 11.6. The predicted molar refractivity (Wildman–Crippen MR) is 67.2 cm³/mol. The van der Waals surface area contributed by atoms with Gasteiger partial charge in [-0.1, -0.05) is 5.16 Å². The van der Waals surface area contributed by atoms with E-state index >= 15 is 0 Å². The summed E-state index contributed by atoms with van der Waals surface area (Å²) in [6, 6.07) is 2.64. The zero-order chi connectivity index (χ0) is 14.9. The van der Waals surface area contributed by atoms with E-state index in [1.807, 2.05) is 0 Å². The van der Waals surface area contributed by atoms with E-state index in [1.165, 1.54) is 19.2 Å². The van der Waals surface area contributed by atoms with Crippen molar-refractivity contribution in [2.24, 2.45) is 5.73 Å². The molecule has 0 saturated carbocycles. The SMILES string of the molecule is COc1ccc(-c2noc(CN)n2)c(F)c1S(C)(=O)=O. The minimum absolute atomic E-state index is 0.00368. The molecule has 0 aliphatic heterocycles. The summed E-state index contributed by atoms with van der Waals surface area (Å²) >= 11 is 0. The average Bonchev–Trinajstić information content (AvgIpc) is 2.85. The second-order valence-corrected chi connectivity index (χ2v) is 5.90. The molecule has 108 valence electrons. The van der Waals surface area contributed by atoms with Gasteiger partial charge in [-0.2, -0.15) is 4.98 Å². The molecule has 0 unspecified atom stereocenters. The number of ether oxygens (including phenoxy) is 1. The van der Waals surface area contributed by atoms with Gasteiger partial charge in [-0.05, 0) is 12.1 Å². The summed E-state index contributed by atoms with van der Waals surface area (Å²) in [6.07, 6.45) is 0.888. The maximum Gasteiger partial charge on any atom is 0.240 e. The van der Waals surface area contributed by atoms with Gasteiger partial charge in [0.15, 0.2) is 15.7 Å². The monoisotopic (exact) mass is 301 g/mol. The Balaban J connectivity index is 2.68. The minimum atomic E-state index is -3.82. The molecule has 0 atom stereocenters. The van der Waals surface area contributed by atoms with Gasteiger partial charge in [-0.15, -0.1) is 0 Å². The number of methoxy groups -OCH3 is 1. The highest BCUT2D eigenvalue weighted by Gasteiger charge is 2.25. The van der Waals surface area contributed by atoms with Crippen LogP contribution in [-0.4, -0.2) is 31.9 Å². The fraction of sp³-hybridized carbons (Fsp3) is 0.273. The molecule has 0 amide bonds. The lowest BCUT2D eigenvalue weighted by Crippen LogP contribution is -2.06. The number of hydrogen-bond donors (Lipinski definition) is 1. The third-order valence-electron chi connectivity index (χ3n) is 2.54. The molecule has 1 aromatic heterocycles. The van der Waals surface area contributed by atoms with Gasteiger partial charge in [-0.3, -0.25) is 0 Å². The maximum absolute atomic E-state index is 14.4. The topological polar surface area (TPSA) is 108 Å². The Kier molecular flexibility index (Phi) is 3.73. The molecule has 0 bridgehead atoms. The molecule has 0 spiro atoms. The fourth-order valence-corrected chi connectivity index (χ4v) is 2.62. The Morgan fingerprint density at radius 1 is 1.45 bits per heavy atom.